The lowest BCUT2D eigenvalue weighted by Crippen LogP contribution is -2.60. The van der Waals surface area contributed by atoms with E-state index in [1.54, 1.807) is 58.0 Å². The third-order valence-corrected chi connectivity index (χ3v) is 10.5. The quantitative estimate of drug-likeness (QED) is 0.0353. The average Bonchev–Trinajstić information content (AvgIpc) is 3.29. The first-order valence-corrected chi connectivity index (χ1v) is 22.2. The average molecular weight is 957 g/mol. The fraction of sp³-hybridized carbons (Fsp3) is 0.533. The van der Waals surface area contributed by atoms with E-state index in [9.17, 15) is 63.6 Å². The van der Waals surface area contributed by atoms with Crippen molar-refractivity contribution in [3.8, 4) is 5.75 Å². The third kappa shape index (κ3) is 20.0. The van der Waals surface area contributed by atoms with Crippen LogP contribution in [0.2, 0.25) is 0 Å². The van der Waals surface area contributed by atoms with Gasteiger partial charge in [0.25, 0.3) is 0 Å². The van der Waals surface area contributed by atoms with Gasteiger partial charge in [0, 0.05) is 12.8 Å². The molecule has 0 aliphatic rings. The minimum atomic E-state index is -1.69. The van der Waals surface area contributed by atoms with E-state index in [4.69, 9.17) is 11.5 Å². The molecule has 0 bridgehead atoms. The van der Waals surface area contributed by atoms with Gasteiger partial charge < -0.3 is 74.4 Å². The van der Waals surface area contributed by atoms with Crippen molar-refractivity contribution in [3.63, 3.8) is 0 Å². The molecule has 0 aromatic heterocycles. The molecule has 376 valence electrons. The minimum absolute atomic E-state index is 0.00569. The second-order valence-corrected chi connectivity index (χ2v) is 16.9. The van der Waals surface area contributed by atoms with E-state index in [0.717, 1.165) is 12.5 Å². The number of unbranched alkanes of at least 4 members (excludes halogenated alkanes) is 1. The molecule has 2 rings (SSSR count). The number of hydrogen-bond acceptors (Lipinski definition) is 14. The van der Waals surface area contributed by atoms with Crippen LogP contribution < -0.4 is 54.0 Å². The summed E-state index contributed by atoms with van der Waals surface area (Å²) < 4.78 is 0. The number of rotatable bonds is 29. The minimum Gasteiger partial charge on any atom is -0.508 e. The molecule has 8 atom stereocenters. The lowest BCUT2D eigenvalue weighted by Gasteiger charge is -2.28. The highest BCUT2D eigenvalue weighted by Crippen LogP contribution is 2.13. The molecule has 0 unspecified atom stereocenters. The number of aliphatic hydroxyl groups excluding tert-OH is 2. The molecule has 0 spiro atoms. The molecule has 0 radical (unpaired) electrons. The molecular weight excluding hydrogens is 889 g/mol. The number of aliphatic hydroxyl groups is 2. The van der Waals surface area contributed by atoms with Crippen molar-refractivity contribution >= 4 is 53.2 Å². The van der Waals surface area contributed by atoms with Gasteiger partial charge in [-0.15, -0.1) is 0 Å². The predicted octanol–water partition coefficient (Wildman–Crippen LogP) is -3.46. The maximum Gasteiger partial charge on any atom is 0.328 e. The summed E-state index contributed by atoms with van der Waals surface area (Å²) in [5, 5.41) is 58.2. The van der Waals surface area contributed by atoms with Crippen molar-refractivity contribution < 1.29 is 63.6 Å². The largest absolute Gasteiger partial charge is 0.508 e. The van der Waals surface area contributed by atoms with Gasteiger partial charge in [-0.2, -0.15) is 0 Å². The summed E-state index contributed by atoms with van der Waals surface area (Å²) in [4.78, 5) is 117. The van der Waals surface area contributed by atoms with Crippen LogP contribution in [0.15, 0.2) is 54.6 Å². The van der Waals surface area contributed by atoms with Crippen molar-refractivity contribution in [3.05, 3.63) is 65.7 Å². The van der Waals surface area contributed by atoms with E-state index in [1.165, 1.54) is 24.3 Å². The lowest BCUT2D eigenvalue weighted by atomic mass is 9.99. The van der Waals surface area contributed by atoms with Crippen LogP contribution in [0.4, 0.5) is 0 Å². The number of phenolic OH excluding ortho intramolecular Hbond substituents is 1. The van der Waals surface area contributed by atoms with Crippen LogP contribution in [0.25, 0.3) is 0 Å². The van der Waals surface area contributed by atoms with Crippen LogP contribution in [-0.4, -0.2) is 148 Å². The molecule has 8 amide bonds. The molecule has 0 saturated carbocycles. The van der Waals surface area contributed by atoms with Crippen molar-refractivity contribution in [2.24, 2.45) is 23.3 Å². The van der Waals surface area contributed by atoms with E-state index in [1.807, 2.05) is 0 Å². The summed E-state index contributed by atoms with van der Waals surface area (Å²) in [6.45, 7) is 5.84. The highest BCUT2D eigenvalue weighted by atomic mass is 16.4. The molecule has 0 aliphatic heterocycles. The van der Waals surface area contributed by atoms with Crippen molar-refractivity contribution in [2.45, 2.75) is 115 Å². The number of nitrogens with one attached hydrogen (secondary N) is 8. The van der Waals surface area contributed by atoms with E-state index in [0.29, 0.717) is 18.4 Å². The lowest BCUT2D eigenvalue weighted by molar-refractivity contribution is -0.145. The number of aliphatic carboxylic acids is 1. The molecule has 0 fully saturated rings. The van der Waals surface area contributed by atoms with Crippen molar-refractivity contribution in [1.82, 2.24) is 42.5 Å². The second-order valence-electron chi connectivity index (χ2n) is 16.9. The number of carboxylic acids is 1. The van der Waals surface area contributed by atoms with Crippen molar-refractivity contribution in [1.29, 1.82) is 0 Å². The summed E-state index contributed by atoms with van der Waals surface area (Å²) >= 11 is 0. The summed E-state index contributed by atoms with van der Waals surface area (Å²) in [5.74, 6) is -9.05. The molecule has 2 aromatic carbocycles. The summed E-state index contributed by atoms with van der Waals surface area (Å²) in [5.41, 5.74) is 12.8. The Labute approximate surface area is 394 Å². The molecule has 16 N–H and O–H groups in total. The normalized spacial score (nSPS) is 14.6. The monoisotopic (exact) mass is 956 g/mol. The molecular formula is C45H68N10O13. The van der Waals surface area contributed by atoms with Crippen LogP contribution in [0, 0.1) is 11.8 Å². The maximum atomic E-state index is 13.9. The van der Waals surface area contributed by atoms with Gasteiger partial charge in [0.15, 0.2) is 6.04 Å². The summed E-state index contributed by atoms with van der Waals surface area (Å²) in [6, 6.07) is 5.35. The van der Waals surface area contributed by atoms with E-state index < -0.39 is 127 Å². The Morgan fingerprint density at radius 3 is 1.62 bits per heavy atom. The van der Waals surface area contributed by atoms with Gasteiger partial charge in [-0.3, -0.25) is 38.4 Å². The molecule has 23 nitrogen and oxygen atoms in total. The van der Waals surface area contributed by atoms with E-state index >= 15 is 0 Å². The Kier molecular flexibility index (Phi) is 24.6. The number of nitrogens with two attached hydrogens (primary N) is 2. The van der Waals surface area contributed by atoms with Crippen LogP contribution >= 0.6 is 0 Å². The zero-order valence-electron chi connectivity index (χ0n) is 39.0. The zero-order valence-corrected chi connectivity index (χ0v) is 39.0. The Bertz CT molecular complexity index is 2000. The fourth-order valence-electron chi connectivity index (χ4n) is 6.40. The van der Waals surface area contributed by atoms with Gasteiger partial charge in [-0.1, -0.05) is 70.2 Å². The summed E-state index contributed by atoms with van der Waals surface area (Å²) in [7, 11) is 0. The Morgan fingerprint density at radius 2 is 1.07 bits per heavy atom. The number of amides is 8. The van der Waals surface area contributed by atoms with E-state index in [2.05, 4.69) is 42.5 Å². The first-order chi connectivity index (χ1) is 32.1. The Hall–Kier alpha value is -6.69. The SMILES string of the molecule is CC(C)[C@H](N)C(=O)N[C@@H](Cc1ccccc1)C(=O)N[C@H](C(=O)N[C@@H](Cc1ccc(O)cc1)C(=O)NCC(=O)NCC(=O)N[C@@H](CO)C(=O)N[C@@H](CCCCN)C(=O)N[C@H](C(=O)O)[C@@H](C)O)C(C)C. The van der Waals surface area contributed by atoms with Crippen LogP contribution in [-0.2, 0) is 56.0 Å². The van der Waals surface area contributed by atoms with Crippen molar-refractivity contribution in [2.75, 3.05) is 26.2 Å². The van der Waals surface area contributed by atoms with Gasteiger partial charge in [0.1, 0.15) is 36.0 Å². The number of hydrogen-bond donors (Lipinski definition) is 14. The Morgan fingerprint density at radius 1 is 0.559 bits per heavy atom. The molecule has 0 heterocycles. The molecule has 68 heavy (non-hydrogen) atoms. The predicted molar refractivity (Wildman–Crippen MR) is 247 cm³/mol. The van der Waals surface area contributed by atoms with Gasteiger partial charge in [0.2, 0.25) is 47.3 Å². The van der Waals surface area contributed by atoms with E-state index in [-0.39, 0.29) is 37.5 Å². The highest BCUT2D eigenvalue weighted by molar-refractivity contribution is 5.97. The smallest absolute Gasteiger partial charge is 0.328 e. The van der Waals surface area contributed by atoms with Crippen LogP contribution in [0.1, 0.15) is 65.0 Å². The topological polar surface area (TPSA) is 383 Å². The Balaban J connectivity index is 2.15. The summed E-state index contributed by atoms with van der Waals surface area (Å²) in [6.07, 6.45) is -0.782. The standard InChI is InChI=1S/C45H68N10O13/c1-24(2)36(47)43(65)52-32(19-27-11-7-6-8-12-27)41(63)54-37(25(3)4)44(66)53-31(20-28-14-16-29(58)17-15-28)39(61)49-21-34(59)48-22-35(60)50-33(23-56)42(64)51-30(13-9-10-18-46)40(62)55-38(26(5)57)45(67)68/h6-8,11-12,14-17,24-26,30-33,36-38,56-58H,9-10,13,18-23,46-47H2,1-5H3,(H,48,59)(H,49,61)(H,50,60)(H,51,64)(H,52,65)(H,53,66)(H,54,63)(H,55,62)(H,67,68)/t26-,30+,31+,32+,33+,36+,37+,38+/m1/s1. The van der Waals surface area contributed by atoms with Gasteiger partial charge in [0.05, 0.1) is 31.8 Å². The van der Waals surface area contributed by atoms with Crippen LogP contribution in [0.5, 0.6) is 5.75 Å². The first-order valence-electron chi connectivity index (χ1n) is 22.2. The number of phenols is 1. The number of benzene rings is 2. The maximum absolute atomic E-state index is 13.9. The van der Waals surface area contributed by atoms with Gasteiger partial charge in [-0.25, -0.2) is 4.79 Å². The van der Waals surface area contributed by atoms with Gasteiger partial charge >= 0.3 is 5.97 Å². The number of carbonyl (C=O) groups is 9. The fourth-order valence-corrected chi connectivity index (χ4v) is 6.40. The third-order valence-electron chi connectivity index (χ3n) is 10.5. The molecule has 2 aromatic rings. The number of carboxylic acid groups (broad SMARTS) is 1. The highest BCUT2D eigenvalue weighted by Gasteiger charge is 2.34. The first kappa shape index (κ1) is 57.4. The second kappa shape index (κ2) is 29.2. The zero-order chi connectivity index (χ0) is 51.1. The molecule has 0 saturated heterocycles. The van der Waals surface area contributed by atoms with Gasteiger partial charge in [-0.05, 0) is 67.8 Å². The molecule has 0 aliphatic carbocycles. The van der Waals surface area contributed by atoms with Crippen LogP contribution in [0.3, 0.4) is 0 Å². The number of aromatic hydroxyl groups is 1. The number of carbonyl (C=O) groups excluding carboxylic acids is 8. The molecule has 23 heteroatoms.